The number of halogens is 3. The number of nitrogens with two attached hydrogens (primary N) is 2. The van der Waals surface area contributed by atoms with Crippen LogP contribution < -0.4 is 16.2 Å². The van der Waals surface area contributed by atoms with Gasteiger partial charge in [-0.15, -0.1) is 0 Å². The molecule has 1 heterocycles. The average molecular weight is 414 g/mol. The Hall–Kier alpha value is -3.05. The summed E-state index contributed by atoms with van der Waals surface area (Å²) in [5, 5.41) is -0.311. The van der Waals surface area contributed by atoms with Crippen molar-refractivity contribution in [1.29, 1.82) is 0 Å². The van der Waals surface area contributed by atoms with Crippen LogP contribution in [0.4, 0.5) is 8.78 Å². The molecule has 2 aromatic carbocycles. The quantitative estimate of drug-likeness (QED) is 0.747. The van der Waals surface area contributed by atoms with Crippen LogP contribution in [-0.2, 0) is 6.42 Å². The van der Waals surface area contributed by atoms with Crippen molar-refractivity contribution in [2.45, 2.75) is 12.0 Å². The van der Waals surface area contributed by atoms with E-state index in [4.69, 9.17) is 27.8 Å². The molecule has 0 unspecified atom stereocenters. The van der Waals surface area contributed by atoms with Crippen molar-refractivity contribution in [3.05, 3.63) is 88.0 Å². The Kier molecular flexibility index (Phi) is 4.71. The van der Waals surface area contributed by atoms with E-state index in [1.54, 1.807) is 24.3 Å². The predicted octanol–water partition coefficient (Wildman–Crippen LogP) is 3.87. The van der Waals surface area contributed by atoms with Crippen LogP contribution in [0.25, 0.3) is 11.1 Å². The van der Waals surface area contributed by atoms with Gasteiger partial charge in [0.15, 0.2) is 5.60 Å². The first-order valence-electron chi connectivity index (χ1n) is 8.83. The summed E-state index contributed by atoms with van der Waals surface area (Å²) in [6, 6.07) is 5.04. The molecule has 1 atom stereocenters. The summed E-state index contributed by atoms with van der Waals surface area (Å²) in [5.74, 6) is -2.20. The number of benzene rings is 2. The minimum Gasteiger partial charge on any atom is -0.478 e. The first-order chi connectivity index (χ1) is 13.9. The monoisotopic (exact) mass is 413 g/mol. The highest BCUT2D eigenvalue weighted by molar-refractivity contribution is 6.34. The molecule has 0 spiro atoms. The van der Waals surface area contributed by atoms with Crippen LogP contribution in [0.3, 0.4) is 0 Å². The lowest BCUT2D eigenvalue weighted by Gasteiger charge is -2.25. The molecule has 0 saturated heterocycles. The Bertz CT molecular complexity index is 1120. The lowest BCUT2D eigenvalue weighted by atomic mass is 9.84. The number of hydrogen-bond acceptors (Lipinski definition) is 3. The number of primary amides is 1. The molecule has 2 aromatic rings. The van der Waals surface area contributed by atoms with E-state index in [-0.39, 0.29) is 40.4 Å². The third-order valence-electron chi connectivity index (χ3n) is 5.16. The fraction of sp³-hybridized carbons (Fsp3) is 0.136. The lowest BCUT2D eigenvalue weighted by Crippen LogP contribution is -2.44. The van der Waals surface area contributed by atoms with Gasteiger partial charge in [-0.05, 0) is 12.1 Å². The summed E-state index contributed by atoms with van der Waals surface area (Å²) in [6.07, 6.45) is 10.2. The van der Waals surface area contributed by atoms with Gasteiger partial charge in [0, 0.05) is 47.4 Å². The van der Waals surface area contributed by atoms with Crippen LogP contribution in [0.1, 0.15) is 15.9 Å². The maximum atomic E-state index is 14.8. The van der Waals surface area contributed by atoms with Gasteiger partial charge < -0.3 is 16.2 Å². The van der Waals surface area contributed by atoms with Gasteiger partial charge in [0.25, 0.3) is 0 Å². The first kappa shape index (κ1) is 19.3. The molecule has 4 rings (SSSR count). The minimum absolute atomic E-state index is 0.0476. The Morgan fingerprint density at radius 1 is 1.28 bits per heavy atom. The molecule has 1 aliphatic carbocycles. The van der Waals surface area contributed by atoms with E-state index in [2.05, 4.69) is 6.08 Å². The summed E-state index contributed by atoms with van der Waals surface area (Å²) >= 11 is 6.26. The van der Waals surface area contributed by atoms with E-state index in [1.165, 1.54) is 12.1 Å². The molecule has 4 N–H and O–H groups in total. The topological polar surface area (TPSA) is 78.3 Å². The molecule has 1 aliphatic heterocycles. The average Bonchev–Trinajstić information content (AvgIpc) is 3.09. The standard InChI is InChI=1S/C22H15ClF2N2O2/c23-20-16(25)9-17-14(10-22(11-26,29-17)12-5-2-1-3-6-12)19(20)18-13(21(27)28)7-4-8-15(18)24/h2-9H,10-11,26H2,(H-,27,28)/p+1/t22-/m1/s1. The summed E-state index contributed by atoms with van der Waals surface area (Å²) in [5.41, 5.74) is 11.5. The normalized spacial score (nSPS) is 19.4. The lowest BCUT2D eigenvalue weighted by molar-refractivity contribution is 0.100. The van der Waals surface area contributed by atoms with Gasteiger partial charge in [0.1, 0.15) is 35.1 Å². The van der Waals surface area contributed by atoms with E-state index >= 15 is 0 Å². The van der Waals surface area contributed by atoms with E-state index in [0.29, 0.717) is 5.56 Å². The van der Waals surface area contributed by atoms with Gasteiger partial charge in [-0.1, -0.05) is 17.7 Å². The first-order valence-corrected chi connectivity index (χ1v) is 9.21. The summed E-state index contributed by atoms with van der Waals surface area (Å²) in [6.45, 7) is 0.0876. The highest BCUT2D eigenvalue weighted by Crippen LogP contribution is 2.48. The Morgan fingerprint density at radius 2 is 2.07 bits per heavy atom. The Labute approximate surface area is 171 Å². The number of carbonyl (C=O) groups excluding carboxylic acids is 1. The Balaban J connectivity index is 1.97. The summed E-state index contributed by atoms with van der Waals surface area (Å²) in [4.78, 5) is 11.9. The molecular formula is C22H16ClF2N2O2+. The maximum Gasteiger partial charge on any atom is 0.249 e. The SMILES string of the molecule is NC[C@@]1(C2=CC=[C+]C=C2)Cc2c(cc(F)c(Cl)c2-c2c(F)cccc2C(N)=O)O1. The number of amides is 1. The van der Waals surface area contributed by atoms with Gasteiger partial charge in [0.05, 0.1) is 17.2 Å². The third-order valence-corrected chi connectivity index (χ3v) is 5.53. The molecule has 146 valence electrons. The molecule has 4 nitrogen and oxygen atoms in total. The van der Waals surface area contributed by atoms with Crippen LogP contribution in [0, 0.1) is 17.7 Å². The molecule has 1 amide bonds. The van der Waals surface area contributed by atoms with Gasteiger partial charge in [-0.2, -0.15) is 0 Å². The zero-order chi connectivity index (χ0) is 20.8. The van der Waals surface area contributed by atoms with E-state index in [1.807, 2.05) is 0 Å². The molecule has 0 radical (unpaired) electrons. The van der Waals surface area contributed by atoms with Crippen molar-refractivity contribution in [3.63, 3.8) is 0 Å². The second-order valence-corrected chi connectivity index (χ2v) is 7.19. The molecule has 7 heteroatoms. The van der Waals surface area contributed by atoms with Crippen molar-refractivity contribution >= 4 is 17.5 Å². The summed E-state index contributed by atoms with van der Waals surface area (Å²) in [7, 11) is 0. The number of allylic oxidation sites excluding steroid dienone is 4. The molecule has 0 bridgehead atoms. The predicted molar refractivity (Wildman–Crippen MR) is 106 cm³/mol. The number of ether oxygens (including phenoxy) is 1. The molecular weight excluding hydrogens is 398 g/mol. The van der Waals surface area contributed by atoms with Crippen LogP contribution in [0.2, 0.25) is 5.02 Å². The third kappa shape index (κ3) is 3.02. The van der Waals surface area contributed by atoms with Crippen molar-refractivity contribution in [2.24, 2.45) is 11.5 Å². The van der Waals surface area contributed by atoms with Crippen molar-refractivity contribution < 1.29 is 18.3 Å². The highest BCUT2D eigenvalue weighted by Gasteiger charge is 2.46. The van der Waals surface area contributed by atoms with Crippen molar-refractivity contribution in [3.8, 4) is 16.9 Å². The number of carbonyl (C=O) groups is 1. The van der Waals surface area contributed by atoms with E-state index < -0.39 is 23.1 Å². The van der Waals surface area contributed by atoms with Crippen LogP contribution in [0.5, 0.6) is 5.75 Å². The molecule has 29 heavy (non-hydrogen) atoms. The highest BCUT2D eigenvalue weighted by atomic mass is 35.5. The largest absolute Gasteiger partial charge is 0.478 e. The second kappa shape index (κ2) is 7.08. The fourth-order valence-electron chi connectivity index (χ4n) is 3.77. The zero-order valence-electron chi connectivity index (χ0n) is 15.1. The molecule has 2 aliphatic rings. The smallest absolute Gasteiger partial charge is 0.249 e. The van der Waals surface area contributed by atoms with E-state index in [9.17, 15) is 13.6 Å². The van der Waals surface area contributed by atoms with Gasteiger partial charge >= 0.3 is 0 Å². The van der Waals surface area contributed by atoms with Crippen LogP contribution in [-0.4, -0.2) is 18.1 Å². The zero-order valence-corrected chi connectivity index (χ0v) is 15.9. The van der Waals surface area contributed by atoms with Crippen LogP contribution >= 0.6 is 11.6 Å². The van der Waals surface area contributed by atoms with E-state index in [0.717, 1.165) is 17.7 Å². The number of rotatable bonds is 4. The fourth-order valence-corrected chi connectivity index (χ4v) is 4.03. The molecule has 0 aromatic heterocycles. The van der Waals surface area contributed by atoms with Crippen molar-refractivity contribution in [1.82, 2.24) is 0 Å². The molecule has 0 saturated carbocycles. The van der Waals surface area contributed by atoms with Crippen LogP contribution in [0.15, 0.2) is 54.1 Å². The summed E-state index contributed by atoms with van der Waals surface area (Å²) < 4.78 is 35.6. The number of fused-ring (bicyclic) bond motifs is 1. The second-order valence-electron chi connectivity index (χ2n) is 6.82. The van der Waals surface area contributed by atoms with Gasteiger partial charge in [-0.3, -0.25) is 4.79 Å². The van der Waals surface area contributed by atoms with Gasteiger partial charge in [0.2, 0.25) is 5.91 Å². The van der Waals surface area contributed by atoms with Crippen molar-refractivity contribution in [2.75, 3.05) is 6.54 Å². The minimum atomic E-state index is -0.985. The Morgan fingerprint density at radius 3 is 2.72 bits per heavy atom. The van der Waals surface area contributed by atoms with Gasteiger partial charge in [-0.25, -0.2) is 8.78 Å². The number of hydrogen-bond donors (Lipinski definition) is 2. The molecule has 0 fully saturated rings. The maximum absolute atomic E-state index is 14.8.